The van der Waals surface area contributed by atoms with Crippen molar-refractivity contribution >= 4 is 17.9 Å². The molecule has 0 radical (unpaired) electrons. The van der Waals surface area contributed by atoms with E-state index in [4.69, 9.17) is 21.4 Å². The van der Waals surface area contributed by atoms with Gasteiger partial charge in [-0.05, 0) is 36.2 Å². The number of carbonyl (C=O) groups is 1. The molecule has 0 unspecified atom stereocenters. The van der Waals surface area contributed by atoms with Gasteiger partial charge in [0, 0.05) is 17.7 Å². The quantitative estimate of drug-likeness (QED) is 0.851. The van der Waals surface area contributed by atoms with Crippen molar-refractivity contribution < 1.29 is 14.6 Å². The molecular weight excluding hydrogens is 264 g/mol. The van der Waals surface area contributed by atoms with Gasteiger partial charge in [0.1, 0.15) is 11.5 Å². The highest BCUT2D eigenvalue weighted by Gasteiger charge is 2.05. The zero-order chi connectivity index (χ0) is 13.7. The number of benzene rings is 2. The molecule has 0 aliphatic heterocycles. The molecule has 0 atom stereocenters. The summed E-state index contributed by atoms with van der Waals surface area (Å²) in [6.07, 6.45) is 1.34. The predicted octanol–water partition coefficient (Wildman–Crippen LogP) is 3.48. The van der Waals surface area contributed by atoms with Crippen LogP contribution in [0.1, 0.15) is 15.9 Å². The summed E-state index contributed by atoms with van der Waals surface area (Å²) < 4.78 is 5.64. The Kier molecular flexibility index (Phi) is 4.55. The minimum atomic E-state index is 0.115. The standard InChI is InChI=1S/C15H13ClO3/c16-13-4-3-12(10-18)15(9-13)19-14-5-1-11(2-6-14)7-8-17/h1-6,9-10,17H,7-8H2. The Labute approximate surface area is 116 Å². The van der Waals surface area contributed by atoms with E-state index in [1.165, 1.54) is 0 Å². The van der Waals surface area contributed by atoms with Crippen LogP contribution in [0.5, 0.6) is 11.5 Å². The summed E-state index contributed by atoms with van der Waals surface area (Å²) in [4.78, 5) is 10.9. The molecule has 0 saturated carbocycles. The smallest absolute Gasteiger partial charge is 0.153 e. The summed E-state index contributed by atoms with van der Waals surface area (Å²) in [5, 5.41) is 9.35. The van der Waals surface area contributed by atoms with Gasteiger partial charge in [0.2, 0.25) is 0 Å². The van der Waals surface area contributed by atoms with Crippen LogP contribution in [0.15, 0.2) is 42.5 Å². The molecule has 19 heavy (non-hydrogen) atoms. The number of rotatable bonds is 5. The maximum Gasteiger partial charge on any atom is 0.153 e. The van der Waals surface area contributed by atoms with Crippen molar-refractivity contribution in [1.82, 2.24) is 0 Å². The molecule has 0 aromatic heterocycles. The Morgan fingerprint density at radius 2 is 1.89 bits per heavy atom. The van der Waals surface area contributed by atoms with Gasteiger partial charge in [-0.2, -0.15) is 0 Å². The Morgan fingerprint density at radius 1 is 1.16 bits per heavy atom. The number of carbonyl (C=O) groups excluding carboxylic acids is 1. The van der Waals surface area contributed by atoms with Crippen molar-refractivity contribution in [2.24, 2.45) is 0 Å². The molecule has 0 bridgehead atoms. The van der Waals surface area contributed by atoms with Crippen LogP contribution in [0, 0.1) is 0 Å². The highest BCUT2D eigenvalue weighted by Crippen LogP contribution is 2.27. The number of aliphatic hydroxyl groups is 1. The van der Waals surface area contributed by atoms with E-state index in [1.54, 1.807) is 30.3 Å². The van der Waals surface area contributed by atoms with Gasteiger partial charge in [0.25, 0.3) is 0 Å². The zero-order valence-corrected chi connectivity index (χ0v) is 10.9. The number of hydrogen-bond acceptors (Lipinski definition) is 3. The molecule has 0 aliphatic rings. The van der Waals surface area contributed by atoms with Gasteiger partial charge in [-0.3, -0.25) is 4.79 Å². The van der Waals surface area contributed by atoms with E-state index in [2.05, 4.69) is 0 Å². The molecule has 0 aliphatic carbocycles. The van der Waals surface area contributed by atoms with Gasteiger partial charge < -0.3 is 9.84 Å². The van der Waals surface area contributed by atoms with Crippen LogP contribution in [-0.4, -0.2) is 18.0 Å². The average molecular weight is 277 g/mol. The predicted molar refractivity (Wildman–Crippen MR) is 74.1 cm³/mol. The van der Waals surface area contributed by atoms with Gasteiger partial charge in [0.05, 0.1) is 5.56 Å². The SMILES string of the molecule is O=Cc1ccc(Cl)cc1Oc1ccc(CCO)cc1. The minimum absolute atomic E-state index is 0.115. The molecule has 2 rings (SSSR count). The molecule has 0 spiro atoms. The Balaban J connectivity index is 2.20. The fraction of sp³-hybridized carbons (Fsp3) is 0.133. The number of ether oxygens (including phenoxy) is 1. The molecular formula is C15H13ClO3. The Hall–Kier alpha value is -1.84. The maximum atomic E-state index is 10.9. The van der Waals surface area contributed by atoms with Crippen molar-refractivity contribution in [2.45, 2.75) is 6.42 Å². The topological polar surface area (TPSA) is 46.5 Å². The van der Waals surface area contributed by atoms with E-state index in [0.717, 1.165) is 11.8 Å². The van der Waals surface area contributed by atoms with Crippen molar-refractivity contribution in [3.63, 3.8) is 0 Å². The second kappa shape index (κ2) is 6.36. The van der Waals surface area contributed by atoms with Crippen molar-refractivity contribution in [3.05, 3.63) is 58.6 Å². The summed E-state index contributed by atoms with van der Waals surface area (Å²) >= 11 is 5.88. The second-order valence-corrected chi connectivity index (χ2v) is 4.46. The van der Waals surface area contributed by atoms with Gasteiger partial charge in [-0.15, -0.1) is 0 Å². The number of halogens is 1. The molecule has 1 N–H and O–H groups in total. The van der Waals surface area contributed by atoms with Crippen molar-refractivity contribution in [2.75, 3.05) is 6.61 Å². The zero-order valence-electron chi connectivity index (χ0n) is 10.2. The van der Waals surface area contributed by atoms with Crippen LogP contribution in [0.25, 0.3) is 0 Å². The molecule has 0 fully saturated rings. The molecule has 2 aromatic carbocycles. The van der Waals surface area contributed by atoms with Gasteiger partial charge in [-0.25, -0.2) is 0 Å². The van der Waals surface area contributed by atoms with E-state index in [0.29, 0.717) is 28.5 Å². The van der Waals surface area contributed by atoms with Crippen LogP contribution in [0.4, 0.5) is 0 Å². The van der Waals surface area contributed by atoms with E-state index in [-0.39, 0.29) is 6.61 Å². The second-order valence-electron chi connectivity index (χ2n) is 4.02. The molecule has 0 saturated heterocycles. The van der Waals surface area contributed by atoms with Crippen LogP contribution in [0.2, 0.25) is 5.02 Å². The molecule has 0 amide bonds. The molecule has 2 aromatic rings. The summed E-state index contributed by atoms with van der Waals surface area (Å²) in [6.45, 7) is 0.115. The number of hydrogen-bond donors (Lipinski definition) is 1. The molecule has 4 heteroatoms. The highest BCUT2D eigenvalue weighted by atomic mass is 35.5. The van der Waals surface area contributed by atoms with Gasteiger partial charge in [-0.1, -0.05) is 23.7 Å². The van der Waals surface area contributed by atoms with Crippen molar-refractivity contribution in [1.29, 1.82) is 0 Å². The fourth-order valence-electron chi connectivity index (χ4n) is 1.67. The maximum absolute atomic E-state index is 10.9. The third-order valence-electron chi connectivity index (χ3n) is 2.65. The van der Waals surface area contributed by atoms with E-state index >= 15 is 0 Å². The Morgan fingerprint density at radius 3 is 2.53 bits per heavy atom. The van der Waals surface area contributed by atoms with E-state index < -0.39 is 0 Å². The lowest BCUT2D eigenvalue weighted by Crippen LogP contribution is -1.92. The monoisotopic (exact) mass is 276 g/mol. The van der Waals surface area contributed by atoms with Crippen LogP contribution >= 0.6 is 11.6 Å². The minimum Gasteiger partial charge on any atom is -0.457 e. The normalized spacial score (nSPS) is 10.2. The molecule has 98 valence electrons. The summed E-state index contributed by atoms with van der Waals surface area (Å²) in [6, 6.07) is 12.2. The molecule has 3 nitrogen and oxygen atoms in total. The Bertz CT molecular complexity index is 564. The number of aldehydes is 1. The number of aliphatic hydroxyl groups excluding tert-OH is 1. The first kappa shape index (κ1) is 13.6. The largest absolute Gasteiger partial charge is 0.457 e. The lowest BCUT2D eigenvalue weighted by Gasteiger charge is -2.09. The highest BCUT2D eigenvalue weighted by molar-refractivity contribution is 6.30. The summed E-state index contributed by atoms with van der Waals surface area (Å²) in [5.41, 5.74) is 1.47. The van der Waals surface area contributed by atoms with E-state index in [9.17, 15) is 4.79 Å². The lowest BCUT2D eigenvalue weighted by molar-refractivity contribution is 0.112. The van der Waals surface area contributed by atoms with Crippen LogP contribution < -0.4 is 4.74 Å². The van der Waals surface area contributed by atoms with Crippen LogP contribution in [0.3, 0.4) is 0 Å². The summed E-state index contributed by atoms with van der Waals surface area (Å²) in [7, 11) is 0. The summed E-state index contributed by atoms with van der Waals surface area (Å²) in [5.74, 6) is 1.05. The van der Waals surface area contributed by atoms with E-state index in [1.807, 2.05) is 12.1 Å². The molecule has 0 heterocycles. The first-order valence-corrected chi connectivity index (χ1v) is 6.23. The lowest BCUT2D eigenvalue weighted by atomic mass is 10.1. The first-order valence-electron chi connectivity index (χ1n) is 5.85. The fourth-order valence-corrected chi connectivity index (χ4v) is 1.84. The average Bonchev–Trinajstić information content (AvgIpc) is 2.42. The van der Waals surface area contributed by atoms with Gasteiger partial charge in [0.15, 0.2) is 6.29 Å². The third-order valence-corrected chi connectivity index (χ3v) is 2.89. The van der Waals surface area contributed by atoms with Crippen LogP contribution in [-0.2, 0) is 6.42 Å². The first-order chi connectivity index (χ1) is 9.22. The van der Waals surface area contributed by atoms with Crippen molar-refractivity contribution in [3.8, 4) is 11.5 Å². The van der Waals surface area contributed by atoms with Gasteiger partial charge >= 0.3 is 0 Å². The third kappa shape index (κ3) is 3.56.